The van der Waals surface area contributed by atoms with Gasteiger partial charge in [-0.05, 0) is 47.1 Å². The fourth-order valence-electron chi connectivity index (χ4n) is 1.53. The third kappa shape index (κ3) is 3.43. The average Bonchev–Trinajstić information content (AvgIpc) is 2.41. The van der Waals surface area contributed by atoms with Crippen LogP contribution in [0.25, 0.3) is 0 Å². The number of hydrogen-bond acceptors (Lipinski definition) is 4. The van der Waals surface area contributed by atoms with E-state index in [9.17, 15) is 13.2 Å². The highest BCUT2D eigenvalue weighted by molar-refractivity contribution is 9.10. The van der Waals surface area contributed by atoms with Gasteiger partial charge in [-0.2, -0.15) is 0 Å². The van der Waals surface area contributed by atoms with Gasteiger partial charge in [-0.3, -0.25) is 9.52 Å². The van der Waals surface area contributed by atoms with Gasteiger partial charge in [-0.1, -0.05) is 12.1 Å². The minimum absolute atomic E-state index is 0.0353. The number of hydrogen-bond donors (Lipinski definition) is 1. The molecule has 1 aromatic carbocycles. The molecule has 1 aromatic heterocycles. The van der Waals surface area contributed by atoms with E-state index < -0.39 is 10.0 Å². The number of Topliss-reactive ketones (excluding diaryl/α,β-unsaturated/α-hetero) is 1. The molecular formula is C13H11BrN2O3S. The molecule has 2 rings (SSSR count). The van der Waals surface area contributed by atoms with E-state index >= 15 is 0 Å². The van der Waals surface area contributed by atoms with Gasteiger partial charge >= 0.3 is 0 Å². The molecule has 0 radical (unpaired) electrons. The van der Waals surface area contributed by atoms with Crippen LogP contribution in [0.5, 0.6) is 0 Å². The van der Waals surface area contributed by atoms with Gasteiger partial charge in [-0.15, -0.1) is 0 Å². The average molecular weight is 355 g/mol. The van der Waals surface area contributed by atoms with E-state index in [1.54, 1.807) is 18.2 Å². The lowest BCUT2D eigenvalue weighted by molar-refractivity contribution is 0.101. The van der Waals surface area contributed by atoms with Crippen LogP contribution in [0.2, 0.25) is 0 Å². The summed E-state index contributed by atoms with van der Waals surface area (Å²) >= 11 is 3.17. The lowest BCUT2D eigenvalue weighted by Crippen LogP contribution is -2.13. The zero-order valence-corrected chi connectivity index (χ0v) is 12.9. The molecule has 2 aromatic rings. The highest BCUT2D eigenvalue weighted by Gasteiger charge is 2.15. The van der Waals surface area contributed by atoms with Crippen LogP contribution in [0.15, 0.2) is 52.1 Å². The number of carbonyl (C=O) groups excluding carboxylic acids is 1. The SMILES string of the molecule is CC(=O)c1cccc(S(=O)(=O)Nc2ccc(Br)nc2)c1. The maximum atomic E-state index is 12.2. The van der Waals surface area contributed by atoms with Crippen LogP contribution in [-0.4, -0.2) is 19.2 Å². The van der Waals surface area contributed by atoms with Crippen LogP contribution < -0.4 is 4.72 Å². The first-order valence-electron chi connectivity index (χ1n) is 5.64. The summed E-state index contributed by atoms with van der Waals surface area (Å²) in [6.45, 7) is 1.39. The summed E-state index contributed by atoms with van der Waals surface area (Å²) in [7, 11) is -3.74. The van der Waals surface area contributed by atoms with Crippen LogP contribution in [0.3, 0.4) is 0 Å². The fraction of sp³-hybridized carbons (Fsp3) is 0.0769. The molecular weight excluding hydrogens is 344 g/mol. The highest BCUT2D eigenvalue weighted by Crippen LogP contribution is 2.18. The molecule has 0 saturated heterocycles. The number of carbonyl (C=O) groups is 1. The Balaban J connectivity index is 2.33. The number of anilines is 1. The molecule has 5 nitrogen and oxygen atoms in total. The molecule has 0 unspecified atom stereocenters. The number of halogens is 1. The quantitative estimate of drug-likeness (QED) is 0.676. The topological polar surface area (TPSA) is 76.1 Å². The van der Waals surface area contributed by atoms with Crippen molar-refractivity contribution in [3.63, 3.8) is 0 Å². The van der Waals surface area contributed by atoms with E-state index in [0.29, 0.717) is 15.9 Å². The Bertz CT molecular complexity index is 742. The second-order valence-electron chi connectivity index (χ2n) is 4.06. The summed E-state index contributed by atoms with van der Waals surface area (Å²) in [5.74, 6) is -0.188. The zero-order valence-electron chi connectivity index (χ0n) is 10.5. The van der Waals surface area contributed by atoms with Gasteiger partial charge < -0.3 is 0 Å². The van der Waals surface area contributed by atoms with Gasteiger partial charge in [0.1, 0.15) is 4.60 Å². The van der Waals surface area contributed by atoms with E-state index in [1.165, 1.54) is 31.3 Å². The van der Waals surface area contributed by atoms with Crippen molar-refractivity contribution in [3.8, 4) is 0 Å². The van der Waals surface area contributed by atoms with Crippen molar-refractivity contribution >= 4 is 37.4 Å². The normalized spacial score (nSPS) is 11.1. The summed E-state index contributed by atoms with van der Waals surface area (Å²) in [6.07, 6.45) is 1.40. The summed E-state index contributed by atoms with van der Waals surface area (Å²) in [4.78, 5) is 15.3. The number of rotatable bonds is 4. The first kappa shape index (κ1) is 14.7. The second-order valence-corrected chi connectivity index (χ2v) is 6.55. The zero-order chi connectivity index (χ0) is 14.8. The molecule has 20 heavy (non-hydrogen) atoms. The van der Waals surface area contributed by atoms with Crippen LogP contribution in [0, 0.1) is 0 Å². The number of sulfonamides is 1. The molecule has 0 aliphatic rings. The van der Waals surface area contributed by atoms with E-state index in [2.05, 4.69) is 25.6 Å². The van der Waals surface area contributed by atoms with Crippen molar-refractivity contribution in [1.82, 2.24) is 4.98 Å². The van der Waals surface area contributed by atoms with Crippen molar-refractivity contribution in [1.29, 1.82) is 0 Å². The Morgan fingerprint density at radius 1 is 1.25 bits per heavy atom. The first-order chi connectivity index (χ1) is 9.38. The number of nitrogens with zero attached hydrogens (tertiary/aromatic N) is 1. The largest absolute Gasteiger partial charge is 0.295 e. The lowest BCUT2D eigenvalue weighted by Gasteiger charge is -2.08. The maximum absolute atomic E-state index is 12.2. The molecule has 7 heteroatoms. The van der Waals surface area contributed by atoms with Gasteiger partial charge in [0.05, 0.1) is 16.8 Å². The molecule has 1 N–H and O–H groups in total. The Morgan fingerprint density at radius 2 is 2.00 bits per heavy atom. The van der Waals surface area contributed by atoms with E-state index in [1.807, 2.05) is 0 Å². The van der Waals surface area contributed by atoms with Crippen LogP contribution >= 0.6 is 15.9 Å². The van der Waals surface area contributed by atoms with Crippen LogP contribution in [-0.2, 0) is 10.0 Å². The van der Waals surface area contributed by atoms with Gasteiger partial charge in [0.2, 0.25) is 0 Å². The number of ketones is 1. The number of aromatic nitrogens is 1. The third-order valence-corrected chi connectivity index (χ3v) is 4.38. The summed E-state index contributed by atoms with van der Waals surface area (Å²) in [6, 6.07) is 9.10. The summed E-state index contributed by atoms with van der Waals surface area (Å²) < 4.78 is 27.4. The van der Waals surface area contributed by atoms with Crippen molar-refractivity contribution in [3.05, 3.63) is 52.8 Å². The predicted molar refractivity (Wildman–Crippen MR) is 79.2 cm³/mol. The standard InChI is InChI=1S/C13H11BrN2O3S/c1-9(17)10-3-2-4-12(7-10)20(18,19)16-11-5-6-13(14)15-8-11/h2-8,16H,1H3. The third-order valence-electron chi connectivity index (χ3n) is 2.53. The highest BCUT2D eigenvalue weighted by atomic mass is 79.9. The van der Waals surface area contributed by atoms with Gasteiger partial charge in [0, 0.05) is 5.56 Å². The lowest BCUT2D eigenvalue weighted by atomic mass is 10.2. The number of pyridine rings is 1. The first-order valence-corrected chi connectivity index (χ1v) is 7.91. The summed E-state index contributed by atoms with van der Waals surface area (Å²) in [5.41, 5.74) is 0.697. The monoisotopic (exact) mass is 354 g/mol. The van der Waals surface area contributed by atoms with Gasteiger partial charge in [-0.25, -0.2) is 13.4 Å². The van der Waals surface area contributed by atoms with Crippen molar-refractivity contribution < 1.29 is 13.2 Å². The van der Waals surface area contributed by atoms with E-state index in [0.717, 1.165) is 0 Å². The Morgan fingerprint density at radius 3 is 2.60 bits per heavy atom. The fourth-order valence-corrected chi connectivity index (χ4v) is 2.86. The summed E-state index contributed by atoms with van der Waals surface area (Å²) in [5, 5.41) is 0. The van der Waals surface area contributed by atoms with Gasteiger partial charge in [0.15, 0.2) is 5.78 Å². The molecule has 0 bridgehead atoms. The molecule has 0 atom stereocenters. The van der Waals surface area contributed by atoms with Crippen molar-refractivity contribution in [2.45, 2.75) is 11.8 Å². The Labute approximate surface area is 125 Å². The maximum Gasteiger partial charge on any atom is 0.261 e. The van der Waals surface area contributed by atoms with E-state index in [4.69, 9.17) is 0 Å². The molecule has 0 saturated carbocycles. The predicted octanol–water partition coefficient (Wildman–Crippen LogP) is 2.85. The second kappa shape index (κ2) is 5.72. The molecule has 0 fully saturated rings. The van der Waals surface area contributed by atoms with Crippen molar-refractivity contribution in [2.75, 3.05) is 4.72 Å². The van der Waals surface area contributed by atoms with Crippen LogP contribution in [0.1, 0.15) is 17.3 Å². The van der Waals surface area contributed by atoms with Gasteiger partial charge in [0.25, 0.3) is 10.0 Å². The minimum Gasteiger partial charge on any atom is -0.295 e. The molecule has 0 spiro atoms. The molecule has 0 aliphatic carbocycles. The molecule has 1 heterocycles. The number of nitrogens with one attached hydrogen (secondary N) is 1. The Hall–Kier alpha value is -1.73. The molecule has 0 aliphatic heterocycles. The van der Waals surface area contributed by atoms with Crippen molar-refractivity contribution in [2.24, 2.45) is 0 Å². The molecule has 0 amide bonds. The Kier molecular flexibility index (Phi) is 4.20. The minimum atomic E-state index is -3.74. The smallest absolute Gasteiger partial charge is 0.261 e. The molecule has 104 valence electrons. The van der Waals surface area contributed by atoms with E-state index in [-0.39, 0.29) is 10.7 Å². The number of benzene rings is 1. The van der Waals surface area contributed by atoms with Crippen LogP contribution in [0.4, 0.5) is 5.69 Å².